The van der Waals surface area contributed by atoms with E-state index in [4.69, 9.17) is 4.74 Å². The fourth-order valence-corrected chi connectivity index (χ4v) is 2.36. The number of hydrogen-bond donors (Lipinski definition) is 0. The number of esters is 1. The highest BCUT2D eigenvalue weighted by Crippen LogP contribution is 2.21. The first-order valence-corrected chi connectivity index (χ1v) is 6.75. The third kappa shape index (κ3) is 2.27. The lowest BCUT2D eigenvalue weighted by molar-refractivity contribution is 0.0599. The molecule has 0 saturated carbocycles. The van der Waals surface area contributed by atoms with Crippen LogP contribution in [0, 0.1) is 0 Å². The lowest BCUT2D eigenvalue weighted by Crippen LogP contribution is -2.02. The van der Waals surface area contributed by atoms with E-state index in [2.05, 4.69) is 10.1 Å². The fraction of sp³-hybridized carbons (Fsp3) is 0.188. The first-order valence-electron chi connectivity index (χ1n) is 6.75. The van der Waals surface area contributed by atoms with Crippen LogP contribution in [0.2, 0.25) is 0 Å². The Morgan fingerprint density at radius 1 is 1.29 bits per heavy atom. The topological polar surface area (TPSA) is 57.0 Å². The maximum absolute atomic E-state index is 11.8. The molecule has 5 nitrogen and oxygen atoms in total. The molecule has 106 valence electrons. The fourth-order valence-electron chi connectivity index (χ4n) is 2.36. The van der Waals surface area contributed by atoms with Gasteiger partial charge in [0.1, 0.15) is 5.56 Å². The van der Waals surface area contributed by atoms with E-state index in [1.165, 1.54) is 7.11 Å². The second kappa shape index (κ2) is 5.36. The van der Waals surface area contributed by atoms with Gasteiger partial charge >= 0.3 is 5.97 Å². The van der Waals surface area contributed by atoms with Crippen LogP contribution in [0.1, 0.15) is 23.0 Å². The van der Waals surface area contributed by atoms with Crippen LogP contribution in [0.5, 0.6) is 0 Å². The smallest absolute Gasteiger partial charge is 0.341 e. The van der Waals surface area contributed by atoms with E-state index < -0.39 is 0 Å². The number of fused-ring (bicyclic) bond motifs is 1. The first kappa shape index (κ1) is 13.3. The average Bonchev–Trinajstić information content (AvgIpc) is 2.97. The molecule has 0 radical (unpaired) electrons. The van der Waals surface area contributed by atoms with Gasteiger partial charge in [-0.1, -0.05) is 25.1 Å². The Morgan fingerprint density at radius 2 is 2.10 bits per heavy atom. The number of para-hydroxylation sites is 1. The summed E-state index contributed by atoms with van der Waals surface area (Å²) in [5.41, 5.74) is 3.01. The highest BCUT2D eigenvalue weighted by Gasteiger charge is 2.17. The average molecular weight is 281 g/mol. The molecule has 2 heterocycles. The lowest BCUT2D eigenvalue weighted by Gasteiger charge is -2.05. The zero-order valence-electron chi connectivity index (χ0n) is 11.9. The monoisotopic (exact) mass is 281 g/mol. The minimum absolute atomic E-state index is 0.364. The zero-order valence-corrected chi connectivity index (χ0v) is 11.9. The van der Waals surface area contributed by atoms with Crippen LogP contribution in [0.15, 0.2) is 42.7 Å². The van der Waals surface area contributed by atoms with Gasteiger partial charge in [0.05, 0.1) is 24.0 Å². The van der Waals surface area contributed by atoms with Crippen molar-refractivity contribution < 1.29 is 9.53 Å². The predicted molar refractivity (Wildman–Crippen MR) is 79.6 cm³/mol. The summed E-state index contributed by atoms with van der Waals surface area (Å²) < 4.78 is 6.53. The largest absolute Gasteiger partial charge is 0.465 e. The highest BCUT2D eigenvalue weighted by atomic mass is 16.5. The summed E-state index contributed by atoms with van der Waals surface area (Å²) in [6.45, 7) is 1.96. The van der Waals surface area contributed by atoms with Crippen molar-refractivity contribution >= 4 is 16.9 Å². The van der Waals surface area contributed by atoms with Crippen LogP contribution in [-0.2, 0) is 11.2 Å². The molecule has 0 fully saturated rings. The Hall–Kier alpha value is -2.69. The van der Waals surface area contributed by atoms with Crippen LogP contribution in [-0.4, -0.2) is 27.8 Å². The minimum atomic E-state index is -0.364. The summed E-state index contributed by atoms with van der Waals surface area (Å²) >= 11 is 0. The minimum Gasteiger partial charge on any atom is -0.465 e. The van der Waals surface area contributed by atoms with Crippen molar-refractivity contribution in [2.24, 2.45) is 0 Å². The van der Waals surface area contributed by atoms with Gasteiger partial charge in [-0.2, -0.15) is 5.10 Å². The summed E-state index contributed by atoms with van der Waals surface area (Å²) in [5, 5.41) is 5.49. The third-order valence-electron chi connectivity index (χ3n) is 3.40. The van der Waals surface area contributed by atoms with Crippen LogP contribution in [0.25, 0.3) is 16.6 Å². The van der Waals surface area contributed by atoms with Crippen molar-refractivity contribution in [1.82, 2.24) is 14.8 Å². The number of ether oxygens (including phenoxy) is 1. The van der Waals surface area contributed by atoms with Gasteiger partial charge in [-0.3, -0.25) is 4.98 Å². The Kier molecular flexibility index (Phi) is 3.39. The number of carbonyl (C=O) groups excluding carboxylic acids is 1. The molecular formula is C16H15N3O2. The molecule has 0 amide bonds. The number of carbonyl (C=O) groups is 1. The van der Waals surface area contributed by atoms with Gasteiger partial charge < -0.3 is 4.74 Å². The Balaban J connectivity index is 2.19. The van der Waals surface area contributed by atoms with Crippen LogP contribution in [0.3, 0.4) is 0 Å². The normalized spacial score (nSPS) is 10.8. The summed E-state index contributed by atoms with van der Waals surface area (Å²) in [7, 11) is 1.38. The number of nitrogens with zero attached hydrogens (tertiary/aromatic N) is 3. The van der Waals surface area contributed by atoms with E-state index >= 15 is 0 Å². The van der Waals surface area contributed by atoms with E-state index in [-0.39, 0.29) is 5.97 Å². The van der Waals surface area contributed by atoms with Crippen LogP contribution < -0.4 is 0 Å². The molecule has 0 saturated heterocycles. The van der Waals surface area contributed by atoms with Crippen molar-refractivity contribution in [2.75, 3.05) is 7.11 Å². The maximum atomic E-state index is 11.8. The van der Waals surface area contributed by atoms with E-state index in [1.54, 1.807) is 17.1 Å². The quantitative estimate of drug-likeness (QED) is 0.693. The molecule has 3 aromatic rings. The number of methoxy groups -OCH3 is 1. The summed E-state index contributed by atoms with van der Waals surface area (Å²) in [6.07, 6.45) is 4.12. The Morgan fingerprint density at radius 3 is 2.86 bits per heavy atom. The number of hydrogen-bond acceptors (Lipinski definition) is 4. The second-order valence-electron chi connectivity index (χ2n) is 4.63. The molecule has 5 heteroatoms. The van der Waals surface area contributed by atoms with Crippen molar-refractivity contribution in [1.29, 1.82) is 0 Å². The van der Waals surface area contributed by atoms with Gasteiger partial charge in [-0.15, -0.1) is 0 Å². The molecule has 3 rings (SSSR count). The number of benzene rings is 1. The SMILES string of the molecule is CCc1nn(-c2ccnc3ccccc23)cc1C(=O)OC. The van der Waals surface area contributed by atoms with Gasteiger partial charge in [0.15, 0.2) is 0 Å². The predicted octanol–water partition coefficient (Wildman–Crippen LogP) is 2.77. The molecule has 0 unspecified atom stereocenters. The van der Waals surface area contributed by atoms with Crippen molar-refractivity contribution in [3.8, 4) is 5.69 Å². The van der Waals surface area contributed by atoms with Gasteiger partial charge in [-0.25, -0.2) is 9.48 Å². The Labute approximate surface area is 122 Å². The van der Waals surface area contributed by atoms with Gasteiger partial charge in [-0.05, 0) is 18.6 Å². The molecule has 0 N–H and O–H groups in total. The molecule has 0 spiro atoms. The van der Waals surface area contributed by atoms with Crippen LogP contribution in [0.4, 0.5) is 0 Å². The Bertz CT molecular complexity index is 803. The van der Waals surface area contributed by atoms with E-state index in [0.29, 0.717) is 12.0 Å². The van der Waals surface area contributed by atoms with Gasteiger partial charge in [0.2, 0.25) is 0 Å². The molecule has 0 atom stereocenters. The molecule has 1 aromatic carbocycles. The molecular weight excluding hydrogens is 266 g/mol. The molecule has 0 aliphatic carbocycles. The lowest BCUT2D eigenvalue weighted by atomic mass is 10.2. The summed E-state index contributed by atoms with van der Waals surface area (Å²) in [4.78, 5) is 16.1. The second-order valence-corrected chi connectivity index (χ2v) is 4.63. The number of pyridine rings is 1. The number of aromatic nitrogens is 3. The standard InChI is InChI=1S/C16H15N3O2/c1-3-13-12(16(20)21-2)10-19(18-13)15-8-9-17-14-7-5-4-6-11(14)15/h4-10H,3H2,1-2H3. The molecule has 21 heavy (non-hydrogen) atoms. The van der Waals surface area contributed by atoms with Gasteiger partial charge in [0.25, 0.3) is 0 Å². The summed E-state index contributed by atoms with van der Waals surface area (Å²) in [6, 6.07) is 9.72. The number of aryl methyl sites for hydroxylation is 1. The van der Waals surface area contributed by atoms with E-state index in [0.717, 1.165) is 22.3 Å². The highest BCUT2D eigenvalue weighted by molar-refractivity contribution is 5.91. The van der Waals surface area contributed by atoms with Crippen molar-refractivity contribution in [3.63, 3.8) is 0 Å². The summed E-state index contributed by atoms with van der Waals surface area (Å²) in [5.74, 6) is -0.364. The van der Waals surface area contributed by atoms with Crippen LogP contribution >= 0.6 is 0 Å². The zero-order chi connectivity index (χ0) is 14.8. The van der Waals surface area contributed by atoms with Crippen molar-refractivity contribution in [2.45, 2.75) is 13.3 Å². The molecule has 0 bridgehead atoms. The third-order valence-corrected chi connectivity index (χ3v) is 3.40. The molecule has 0 aliphatic rings. The van der Waals surface area contributed by atoms with Crippen molar-refractivity contribution in [3.05, 3.63) is 54.0 Å². The van der Waals surface area contributed by atoms with Gasteiger partial charge in [0, 0.05) is 17.8 Å². The number of rotatable bonds is 3. The first-order chi connectivity index (χ1) is 10.2. The molecule has 0 aliphatic heterocycles. The van der Waals surface area contributed by atoms with E-state index in [1.807, 2.05) is 37.3 Å². The van der Waals surface area contributed by atoms with E-state index in [9.17, 15) is 4.79 Å². The molecule has 2 aromatic heterocycles. The maximum Gasteiger partial charge on any atom is 0.341 e.